The zero-order chi connectivity index (χ0) is 17.0. The van der Waals surface area contributed by atoms with Crippen LogP contribution in [-0.4, -0.2) is 31.1 Å². The van der Waals surface area contributed by atoms with E-state index in [0.717, 1.165) is 6.26 Å². The Morgan fingerprint density at radius 2 is 1.91 bits per heavy atom. The lowest BCUT2D eigenvalue weighted by Crippen LogP contribution is -2.24. The summed E-state index contributed by atoms with van der Waals surface area (Å²) in [6.45, 7) is -0.150. The maximum atomic E-state index is 11.9. The molecule has 23 heavy (non-hydrogen) atoms. The molecule has 1 amide bonds. The predicted molar refractivity (Wildman–Crippen MR) is 85.5 cm³/mol. The fraction of sp³-hybridized carbons (Fsp3) is 0.143. The van der Waals surface area contributed by atoms with E-state index in [0.29, 0.717) is 11.3 Å². The first-order chi connectivity index (χ1) is 10.8. The van der Waals surface area contributed by atoms with Crippen molar-refractivity contribution in [2.75, 3.05) is 6.26 Å². The summed E-state index contributed by atoms with van der Waals surface area (Å²) in [6.07, 6.45) is 4.49. The summed E-state index contributed by atoms with van der Waals surface area (Å²) in [4.78, 5) is 15.4. The number of benzene rings is 1. The molecule has 1 heterocycles. The molecule has 0 aliphatic rings. The van der Waals surface area contributed by atoms with Crippen LogP contribution >= 0.6 is 0 Å². The van der Waals surface area contributed by atoms with E-state index in [-0.39, 0.29) is 18.1 Å². The number of carbonyl (C=O) groups excluding carboxylic acids is 1. The molecular weight excluding hydrogens is 320 g/mol. The number of nitrogens with zero attached hydrogens (tertiary/aromatic N) is 2. The summed E-state index contributed by atoms with van der Waals surface area (Å²) in [5.41, 5.74) is 11.9. The molecule has 0 aliphatic carbocycles. The van der Waals surface area contributed by atoms with Gasteiger partial charge in [-0.05, 0) is 24.3 Å². The second-order valence-electron chi connectivity index (χ2n) is 4.74. The van der Waals surface area contributed by atoms with Gasteiger partial charge in [0.2, 0.25) is 0 Å². The van der Waals surface area contributed by atoms with E-state index in [1.54, 1.807) is 41.2 Å². The maximum absolute atomic E-state index is 11.9. The highest BCUT2D eigenvalue weighted by Crippen LogP contribution is 2.19. The number of hydrogen-bond acceptors (Lipinski definition) is 4. The average molecular weight is 336 g/mol. The molecule has 1 aromatic heterocycles. The first-order valence-corrected chi connectivity index (χ1v) is 8.32. The van der Waals surface area contributed by atoms with Gasteiger partial charge in [-0.25, -0.2) is 0 Å². The van der Waals surface area contributed by atoms with E-state index in [4.69, 9.17) is 15.7 Å². The summed E-state index contributed by atoms with van der Waals surface area (Å²) in [7, 11) is -3.58. The van der Waals surface area contributed by atoms with Gasteiger partial charge in [0, 0.05) is 23.5 Å². The van der Waals surface area contributed by atoms with E-state index in [1.807, 2.05) is 0 Å². The highest BCUT2D eigenvalue weighted by molar-refractivity contribution is 7.85. The summed E-state index contributed by atoms with van der Waals surface area (Å²) in [5.74, 6) is -0.920. The summed E-state index contributed by atoms with van der Waals surface area (Å²) in [6, 6.07) is 8.26. The van der Waals surface area contributed by atoms with Crippen molar-refractivity contribution >= 4 is 22.0 Å². The number of nitrogens with two attached hydrogens (primary N) is 2. The Morgan fingerprint density at radius 1 is 1.26 bits per heavy atom. The zero-order valence-electron chi connectivity index (χ0n) is 12.3. The number of carbonyl (C=O) groups is 1. The second-order valence-corrected chi connectivity index (χ2v) is 6.39. The number of aromatic nitrogens is 1. The van der Waals surface area contributed by atoms with Crippen molar-refractivity contribution < 1.29 is 17.4 Å². The summed E-state index contributed by atoms with van der Waals surface area (Å²) in [5, 5.41) is 0. The highest BCUT2D eigenvalue weighted by Gasteiger charge is 2.12. The van der Waals surface area contributed by atoms with Crippen LogP contribution in [0, 0.1) is 0 Å². The lowest BCUT2D eigenvalue weighted by Gasteiger charge is -2.12. The van der Waals surface area contributed by atoms with Gasteiger partial charge in [-0.15, -0.1) is 0 Å². The van der Waals surface area contributed by atoms with E-state index >= 15 is 0 Å². The van der Waals surface area contributed by atoms with Crippen LogP contribution in [-0.2, 0) is 20.9 Å². The lowest BCUT2D eigenvalue weighted by atomic mass is 10.1. The van der Waals surface area contributed by atoms with Crippen molar-refractivity contribution in [3.63, 3.8) is 0 Å². The van der Waals surface area contributed by atoms with Crippen molar-refractivity contribution in [2.45, 2.75) is 6.61 Å². The third-order valence-corrected chi connectivity index (χ3v) is 3.42. The Kier molecular flexibility index (Phi) is 4.82. The Hall–Kier alpha value is -2.65. The molecule has 4 N–H and O–H groups in total. The third kappa shape index (κ3) is 4.66. The van der Waals surface area contributed by atoms with Crippen LogP contribution in [0.15, 0.2) is 47.7 Å². The molecule has 0 saturated carbocycles. The van der Waals surface area contributed by atoms with Gasteiger partial charge in [-0.1, -0.05) is 6.07 Å². The molecule has 2 rings (SSSR count). The van der Waals surface area contributed by atoms with Crippen molar-refractivity contribution in [3.8, 4) is 5.69 Å². The van der Waals surface area contributed by atoms with E-state index < -0.39 is 16.0 Å². The van der Waals surface area contributed by atoms with Gasteiger partial charge in [0.15, 0.2) is 5.96 Å². The van der Waals surface area contributed by atoms with Gasteiger partial charge < -0.3 is 16.0 Å². The second kappa shape index (κ2) is 6.63. The fourth-order valence-electron chi connectivity index (χ4n) is 1.91. The average Bonchev–Trinajstić information content (AvgIpc) is 2.97. The van der Waals surface area contributed by atoms with Crippen LogP contribution < -0.4 is 11.5 Å². The van der Waals surface area contributed by atoms with E-state index in [1.165, 1.54) is 6.07 Å². The van der Waals surface area contributed by atoms with Crippen LogP contribution in [0.4, 0.5) is 0 Å². The Morgan fingerprint density at radius 3 is 2.48 bits per heavy atom. The molecule has 8 nitrogen and oxygen atoms in total. The van der Waals surface area contributed by atoms with Crippen LogP contribution in [0.3, 0.4) is 0 Å². The quantitative estimate of drug-likeness (QED) is 0.461. The van der Waals surface area contributed by atoms with E-state index in [2.05, 4.69) is 4.99 Å². The standard InChI is InChI=1S/C14H16N4O4S/c1-23(20,21)22-9-11-5-4-10(13(19)17-14(15)16)8-12(11)18-6-2-3-7-18/h2-8H,9H2,1H3,(H4,15,16,17,19). The molecule has 0 spiro atoms. The molecule has 1 aromatic carbocycles. The van der Waals surface area contributed by atoms with Crippen molar-refractivity contribution in [3.05, 3.63) is 53.9 Å². The highest BCUT2D eigenvalue weighted by atomic mass is 32.2. The molecule has 0 unspecified atom stereocenters. The van der Waals surface area contributed by atoms with Gasteiger partial charge in [0.1, 0.15) is 0 Å². The molecule has 0 radical (unpaired) electrons. The Balaban J connectivity index is 2.43. The minimum atomic E-state index is -3.58. The third-order valence-electron chi connectivity index (χ3n) is 2.87. The van der Waals surface area contributed by atoms with Gasteiger partial charge >= 0.3 is 0 Å². The smallest absolute Gasteiger partial charge is 0.280 e. The predicted octanol–water partition coefficient (Wildman–Crippen LogP) is 0.367. The largest absolute Gasteiger partial charge is 0.370 e. The summed E-state index contributed by atoms with van der Waals surface area (Å²) >= 11 is 0. The van der Waals surface area contributed by atoms with Gasteiger partial charge in [-0.3, -0.25) is 8.98 Å². The van der Waals surface area contributed by atoms with E-state index in [9.17, 15) is 13.2 Å². The number of aliphatic imine (C=N–C) groups is 1. The van der Waals surface area contributed by atoms with Crippen LogP contribution in [0.25, 0.3) is 5.69 Å². The molecule has 2 aromatic rings. The molecule has 0 aliphatic heterocycles. The SMILES string of the molecule is CS(=O)(=O)OCc1ccc(C(=O)N=C(N)N)cc1-n1cccc1. The van der Waals surface area contributed by atoms with Crippen molar-refractivity contribution in [1.82, 2.24) is 4.57 Å². The Labute approximate surface area is 133 Å². The van der Waals surface area contributed by atoms with Gasteiger partial charge in [-0.2, -0.15) is 13.4 Å². The topological polar surface area (TPSA) is 130 Å². The minimum Gasteiger partial charge on any atom is -0.370 e. The molecule has 9 heteroatoms. The van der Waals surface area contributed by atoms with Gasteiger partial charge in [0.05, 0.1) is 18.6 Å². The molecule has 0 saturated heterocycles. The maximum Gasteiger partial charge on any atom is 0.280 e. The first-order valence-electron chi connectivity index (χ1n) is 6.51. The van der Waals surface area contributed by atoms with Crippen LogP contribution in [0.5, 0.6) is 0 Å². The van der Waals surface area contributed by atoms with Gasteiger partial charge in [0.25, 0.3) is 16.0 Å². The normalized spacial score (nSPS) is 11.2. The fourth-order valence-corrected chi connectivity index (χ4v) is 2.25. The van der Waals surface area contributed by atoms with Crippen molar-refractivity contribution in [2.24, 2.45) is 16.5 Å². The number of rotatable bonds is 5. The molecule has 0 fully saturated rings. The molecular formula is C14H16N4O4S. The molecule has 0 atom stereocenters. The number of guanidine groups is 1. The number of amides is 1. The Bertz CT molecular complexity index is 838. The van der Waals surface area contributed by atoms with Crippen molar-refractivity contribution in [1.29, 1.82) is 0 Å². The van der Waals surface area contributed by atoms with Crippen LogP contribution in [0.2, 0.25) is 0 Å². The lowest BCUT2D eigenvalue weighted by molar-refractivity contribution is 0.100. The monoisotopic (exact) mass is 336 g/mol. The first kappa shape index (κ1) is 16.7. The molecule has 122 valence electrons. The molecule has 0 bridgehead atoms. The summed E-state index contributed by atoms with van der Waals surface area (Å²) < 4.78 is 28.9. The number of hydrogen-bond donors (Lipinski definition) is 2. The van der Waals surface area contributed by atoms with Crippen LogP contribution in [0.1, 0.15) is 15.9 Å². The minimum absolute atomic E-state index is 0.150. The zero-order valence-corrected chi connectivity index (χ0v) is 13.2.